The van der Waals surface area contributed by atoms with Gasteiger partial charge in [0.25, 0.3) is 0 Å². The van der Waals surface area contributed by atoms with E-state index in [1.54, 1.807) is 0 Å². The molecule has 0 aromatic heterocycles. The van der Waals surface area contributed by atoms with Crippen molar-refractivity contribution in [2.24, 2.45) is 0 Å². The van der Waals surface area contributed by atoms with Crippen LogP contribution in [0.1, 0.15) is 37.8 Å². The normalized spacial score (nSPS) is 10.4. The Balaban J connectivity index is 3.09. The number of hydrogen-bond acceptors (Lipinski definition) is 3. The van der Waals surface area contributed by atoms with Gasteiger partial charge in [0.2, 0.25) is 0 Å². The van der Waals surface area contributed by atoms with Gasteiger partial charge in [0.1, 0.15) is 0 Å². The molecule has 1 rings (SSSR count). The third-order valence-electron chi connectivity index (χ3n) is 3.36. The van der Waals surface area contributed by atoms with Gasteiger partial charge in [-0.05, 0) is 43.5 Å². The lowest BCUT2D eigenvalue weighted by Crippen LogP contribution is -2.37. The van der Waals surface area contributed by atoms with Crippen molar-refractivity contribution in [3.63, 3.8) is 0 Å². The maximum atomic E-state index is 9.24. The summed E-state index contributed by atoms with van der Waals surface area (Å²) in [6, 6.07) is 8.32. The highest BCUT2D eigenvalue weighted by Crippen LogP contribution is 2.25. The molecule has 0 aliphatic rings. The van der Waals surface area contributed by atoms with E-state index in [0.717, 1.165) is 24.1 Å². The number of aliphatic hydroxyl groups excluding tert-OH is 1. The van der Waals surface area contributed by atoms with Gasteiger partial charge in [0.15, 0.2) is 0 Å². The predicted molar refractivity (Wildman–Crippen MR) is 74.7 cm³/mol. The molecule has 0 radical (unpaired) electrons. The Bertz CT molecular complexity index is 419. The molecular weight excluding hydrogens is 224 g/mol. The second kappa shape index (κ2) is 7.03. The van der Waals surface area contributed by atoms with Crippen molar-refractivity contribution in [3.8, 4) is 6.07 Å². The van der Waals surface area contributed by atoms with Crippen LogP contribution >= 0.6 is 0 Å². The number of aliphatic hydroxyl groups is 1. The van der Waals surface area contributed by atoms with Crippen molar-refractivity contribution >= 4 is 5.69 Å². The van der Waals surface area contributed by atoms with E-state index in [4.69, 9.17) is 5.26 Å². The second-order valence-corrected chi connectivity index (χ2v) is 4.50. The summed E-state index contributed by atoms with van der Waals surface area (Å²) in [6.07, 6.45) is 2.10. The van der Waals surface area contributed by atoms with Crippen molar-refractivity contribution in [2.45, 2.75) is 39.7 Å². The monoisotopic (exact) mass is 246 g/mol. The van der Waals surface area contributed by atoms with Gasteiger partial charge in [0.05, 0.1) is 18.2 Å². The average Bonchev–Trinajstić information content (AvgIpc) is 2.39. The zero-order valence-corrected chi connectivity index (χ0v) is 11.5. The fraction of sp³-hybridized carbons (Fsp3) is 0.533. The molecule has 0 unspecified atom stereocenters. The summed E-state index contributed by atoms with van der Waals surface area (Å²) in [5.41, 5.74) is 2.90. The van der Waals surface area contributed by atoms with E-state index in [1.165, 1.54) is 0 Å². The Morgan fingerprint density at radius 3 is 2.44 bits per heavy atom. The lowest BCUT2D eigenvalue weighted by Gasteiger charge is -2.33. The van der Waals surface area contributed by atoms with Crippen LogP contribution in [0.4, 0.5) is 5.69 Å². The van der Waals surface area contributed by atoms with E-state index in [-0.39, 0.29) is 6.61 Å². The van der Waals surface area contributed by atoms with Crippen LogP contribution in [-0.2, 0) is 0 Å². The van der Waals surface area contributed by atoms with Crippen LogP contribution in [0.2, 0.25) is 0 Å². The minimum Gasteiger partial charge on any atom is -0.395 e. The fourth-order valence-electron chi connectivity index (χ4n) is 2.38. The minimum atomic E-state index is 0.149. The summed E-state index contributed by atoms with van der Waals surface area (Å²) in [5, 5.41) is 18.1. The molecule has 3 nitrogen and oxygen atoms in total. The van der Waals surface area contributed by atoms with E-state index in [0.29, 0.717) is 18.2 Å². The third-order valence-corrected chi connectivity index (χ3v) is 3.36. The van der Waals surface area contributed by atoms with Crippen LogP contribution in [0.5, 0.6) is 0 Å². The highest BCUT2D eigenvalue weighted by molar-refractivity contribution is 5.56. The number of benzene rings is 1. The lowest BCUT2D eigenvalue weighted by atomic mass is 10.0. The molecule has 0 bridgehead atoms. The molecule has 1 N–H and O–H groups in total. The summed E-state index contributed by atoms with van der Waals surface area (Å²) in [6.45, 7) is 7.13. The first kappa shape index (κ1) is 14.5. The summed E-state index contributed by atoms with van der Waals surface area (Å²) >= 11 is 0. The first-order valence-electron chi connectivity index (χ1n) is 6.56. The Morgan fingerprint density at radius 2 is 2.00 bits per heavy atom. The van der Waals surface area contributed by atoms with Crippen LogP contribution < -0.4 is 4.90 Å². The smallest absolute Gasteiger partial charge is 0.0991 e. The molecule has 0 saturated carbocycles. The zero-order chi connectivity index (χ0) is 13.5. The Kier molecular flexibility index (Phi) is 5.67. The predicted octanol–water partition coefficient (Wildman–Crippen LogP) is 2.85. The summed E-state index contributed by atoms with van der Waals surface area (Å²) < 4.78 is 0. The molecule has 0 fully saturated rings. The molecule has 0 aliphatic carbocycles. The van der Waals surface area contributed by atoms with Gasteiger partial charge in [-0.15, -0.1) is 0 Å². The number of aryl methyl sites for hydroxylation is 1. The first-order chi connectivity index (χ1) is 8.67. The maximum Gasteiger partial charge on any atom is 0.0991 e. The molecule has 0 atom stereocenters. The van der Waals surface area contributed by atoms with E-state index in [9.17, 15) is 5.11 Å². The molecule has 1 aromatic rings. The summed E-state index contributed by atoms with van der Waals surface area (Å²) in [7, 11) is 0. The van der Waals surface area contributed by atoms with Crippen molar-refractivity contribution < 1.29 is 5.11 Å². The third kappa shape index (κ3) is 3.24. The standard InChI is InChI=1S/C15H22N2O/c1-4-14(5-2)17(8-9-18)15-7-6-13(11-16)10-12(15)3/h6-7,10,14,18H,4-5,8-9H2,1-3H3. The molecule has 18 heavy (non-hydrogen) atoms. The van der Waals surface area contributed by atoms with Crippen LogP contribution in [0.15, 0.2) is 18.2 Å². The van der Waals surface area contributed by atoms with E-state index in [2.05, 4.69) is 24.8 Å². The molecule has 3 heteroatoms. The Labute approximate surface area is 110 Å². The summed E-state index contributed by atoms with van der Waals surface area (Å²) in [5.74, 6) is 0. The molecule has 0 heterocycles. The number of rotatable bonds is 6. The van der Waals surface area contributed by atoms with Crippen LogP contribution in [0, 0.1) is 18.3 Å². The van der Waals surface area contributed by atoms with E-state index < -0.39 is 0 Å². The molecule has 0 amide bonds. The molecule has 0 saturated heterocycles. The van der Waals surface area contributed by atoms with Gasteiger partial charge >= 0.3 is 0 Å². The number of anilines is 1. The van der Waals surface area contributed by atoms with Crippen LogP contribution in [0.25, 0.3) is 0 Å². The second-order valence-electron chi connectivity index (χ2n) is 4.50. The fourth-order valence-corrected chi connectivity index (χ4v) is 2.38. The molecule has 0 spiro atoms. The topological polar surface area (TPSA) is 47.3 Å². The molecule has 1 aromatic carbocycles. The zero-order valence-electron chi connectivity index (χ0n) is 11.5. The SMILES string of the molecule is CCC(CC)N(CCO)c1ccc(C#N)cc1C. The first-order valence-corrected chi connectivity index (χ1v) is 6.56. The van der Waals surface area contributed by atoms with Gasteiger partial charge in [-0.25, -0.2) is 0 Å². The molecule has 0 aliphatic heterocycles. The maximum absolute atomic E-state index is 9.24. The van der Waals surface area contributed by atoms with Gasteiger partial charge < -0.3 is 10.0 Å². The number of nitrogens with zero attached hydrogens (tertiary/aromatic N) is 2. The van der Waals surface area contributed by atoms with E-state index >= 15 is 0 Å². The van der Waals surface area contributed by atoms with Gasteiger partial charge in [-0.3, -0.25) is 0 Å². The van der Waals surface area contributed by atoms with Crippen molar-refractivity contribution in [1.29, 1.82) is 5.26 Å². The van der Waals surface area contributed by atoms with Gasteiger partial charge in [-0.2, -0.15) is 5.26 Å². The van der Waals surface area contributed by atoms with E-state index in [1.807, 2.05) is 25.1 Å². The average molecular weight is 246 g/mol. The van der Waals surface area contributed by atoms with Crippen molar-refractivity contribution in [2.75, 3.05) is 18.1 Å². The minimum absolute atomic E-state index is 0.149. The van der Waals surface area contributed by atoms with Crippen molar-refractivity contribution in [3.05, 3.63) is 29.3 Å². The Morgan fingerprint density at radius 1 is 1.33 bits per heavy atom. The van der Waals surface area contributed by atoms with Crippen LogP contribution in [0.3, 0.4) is 0 Å². The highest BCUT2D eigenvalue weighted by Gasteiger charge is 2.17. The molecular formula is C15H22N2O. The van der Waals surface area contributed by atoms with Crippen LogP contribution in [-0.4, -0.2) is 24.3 Å². The largest absolute Gasteiger partial charge is 0.395 e. The van der Waals surface area contributed by atoms with Gasteiger partial charge in [-0.1, -0.05) is 13.8 Å². The summed E-state index contributed by atoms with van der Waals surface area (Å²) in [4.78, 5) is 2.25. The Hall–Kier alpha value is -1.53. The van der Waals surface area contributed by atoms with Gasteiger partial charge in [0, 0.05) is 18.3 Å². The van der Waals surface area contributed by atoms with Crippen molar-refractivity contribution in [1.82, 2.24) is 0 Å². The lowest BCUT2D eigenvalue weighted by molar-refractivity contribution is 0.296. The highest BCUT2D eigenvalue weighted by atomic mass is 16.3. The number of hydrogen-bond donors (Lipinski definition) is 1. The number of nitriles is 1. The quantitative estimate of drug-likeness (QED) is 0.839. The molecule has 98 valence electrons.